The Bertz CT molecular complexity index is 1870. The summed E-state index contributed by atoms with van der Waals surface area (Å²) in [4.78, 5) is 69.5. The molecule has 230 valence electrons. The predicted molar refractivity (Wildman–Crippen MR) is 174 cm³/mol. The van der Waals surface area contributed by atoms with Crippen molar-refractivity contribution in [2.75, 3.05) is 23.4 Å². The van der Waals surface area contributed by atoms with E-state index in [9.17, 15) is 24.0 Å². The number of halogens is 1. The molecule has 0 bridgehead atoms. The third-order valence-electron chi connectivity index (χ3n) is 7.46. The number of thioether (sulfide) groups is 1. The first-order valence-electron chi connectivity index (χ1n) is 14.0. The van der Waals surface area contributed by atoms with Crippen molar-refractivity contribution < 1.29 is 28.7 Å². The second-order valence-corrected chi connectivity index (χ2v) is 13.5. The molecule has 3 amide bonds. The Balaban J connectivity index is 1.28. The summed E-state index contributed by atoms with van der Waals surface area (Å²) >= 11 is 5.70. The SMILES string of the molecule is CCOC(=O)c1ccc(NC(=O)COc2ccc(Br)cc2[C@@H]2c3sc(=O)[nH]c3S[C@H]3C(=O)N(c4ccc(C)cc4)C(=O)[C@@H]23)cc1. The van der Waals surface area contributed by atoms with Gasteiger partial charge >= 0.3 is 10.8 Å². The van der Waals surface area contributed by atoms with E-state index >= 15 is 0 Å². The van der Waals surface area contributed by atoms with E-state index in [-0.39, 0.29) is 29.9 Å². The van der Waals surface area contributed by atoms with E-state index in [1.807, 2.05) is 19.1 Å². The lowest BCUT2D eigenvalue weighted by Crippen LogP contribution is -2.32. The van der Waals surface area contributed by atoms with Crippen molar-refractivity contribution in [3.8, 4) is 5.75 Å². The number of esters is 1. The van der Waals surface area contributed by atoms with Crippen LogP contribution in [0.15, 0.2) is 81.0 Å². The van der Waals surface area contributed by atoms with E-state index in [2.05, 4.69) is 26.2 Å². The number of hydrogen-bond acceptors (Lipinski definition) is 9. The molecule has 0 spiro atoms. The van der Waals surface area contributed by atoms with Crippen LogP contribution in [-0.2, 0) is 19.1 Å². The van der Waals surface area contributed by atoms with Crippen LogP contribution >= 0.6 is 39.0 Å². The molecule has 3 heterocycles. The lowest BCUT2D eigenvalue weighted by Gasteiger charge is -2.31. The smallest absolute Gasteiger partial charge is 0.338 e. The first kappa shape index (κ1) is 30.8. The number of ether oxygens (including phenoxy) is 2. The Labute approximate surface area is 274 Å². The van der Waals surface area contributed by atoms with Crippen LogP contribution in [0.3, 0.4) is 0 Å². The van der Waals surface area contributed by atoms with Crippen LogP contribution in [0.2, 0.25) is 0 Å². The number of thiazole rings is 1. The maximum atomic E-state index is 14.1. The van der Waals surface area contributed by atoms with Gasteiger partial charge in [0.2, 0.25) is 11.8 Å². The molecule has 13 heteroatoms. The van der Waals surface area contributed by atoms with Crippen molar-refractivity contribution in [2.24, 2.45) is 5.92 Å². The van der Waals surface area contributed by atoms with Crippen LogP contribution < -0.4 is 19.8 Å². The van der Waals surface area contributed by atoms with Gasteiger partial charge in [0.1, 0.15) is 11.0 Å². The van der Waals surface area contributed by atoms with Gasteiger partial charge in [-0.2, -0.15) is 0 Å². The highest BCUT2D eigenvalue weighted by molar-refractivity contribution is 9.10. The first-order chi connectivity index (χ1) is 21.6. The van der Waals surface area contributed by atoms with Crippen LogP contribution in [0.4, 0.5) is 11.4 Å². The molecule has 3 atom stereocenters. The van der Waals surface area contributed by atoms with Gasteiger partial charge in [-0.25, -0.2) is 9.69 Å². The number of nitrogens with one attached hydrogen (secondary N) is 2. The molecule has 45 heavy (non-hydrogen) atoms. The molecule has 0 radical (unpaired) electrons. The highest BCUT2D eigenvalue weighted by atomic mass is 79.9. The summed E-state index contributed by atoms with van der Waals surface area (Å²) in [7, 11) is 0. The topological polar surface area (TPSA) is 135 Å². The second-order valence-electron chi connectivity index (χ2n) is 10.4. The summed E-state index contributed by atoms with van der Waals surface area (Å²) in [5.41, 5.74) is 2.87. The van der Waals surface area contributed by atoms with Gasteiger partial charge in [-0.15, -0.1) is 0 Å². The van der Waals surface area contributed by atoms with E-state index in [4.69, 9.17) is 9.47 Å². The fraction of sp³-hybridized carbons (Fsp3) is 0.219. The molecule has 0 aliphatic carbocycles. The zero-order chi connectivity index (χ0) is 31.8. The van der Waals surface area contributed by atoms with Crippen molar-refractivity contribution in [3.63, 3.8) is 0 Å². The zero-order valence-electron chi connectivity index (χ0n) is 24.0. The fourth-order valence-electron chi connectivity index (χ4n) is 5.44. The monoisotopic (exact) mass is 707 g/mol. The normalized spacial score (nSPS) is 18.7. The Morgan fingerprint density at radius 3 is 2.44 bits per heavy atom. The van der Waals surface area contributed by atoms with Gasteiger partial charge in [-0.05, 0) is 68.4 Å². The summed E-state index contributed by atoms with van der Waals surface area (Å²) in [6.45, 7) is 3.54. The van der Waals surface area contributed by atoms with E-state index in [1.165, 1.54) is 16.7 Å². The lowest BCUT2D eigenvalue weighted by atomic mass is 9.82. The number of aromatic nitrogens is 1. The van der Waals surface area contributed by atoms with Crippen LogP contribution in [0.25, 0.3) is 0 Å². The Morgan fingerprint density at radius 1 is 1.00 bits per heavy atom. The van der Waals surface area contributed by atoms with Crippen molar-refractivity contribution in [3.05, 3.63) is 102 Å². The number of benzene rings is 3. The number of amides is 3. The third-order valence-corrected chi connectivity index (χ3v) is 10.4. The van der Waals surface area contributed by atoms with E-state index in [1.54, 1.807) is 61.5 Å². The van der Waals surface area contributed by atoms with Gasteiger partial charge in [0, 0.05) is 26.5 Å². The van der Waals surface area contributed by atoms with Crippen molar-refractivity contribution in [1.82, 2.24) is 4.98 Å². The van der Waals surface area contributed by atoms with E-state index in [0.717, 1.165) is 16.9 Å². The number of imide groups is 1. The van der Waals surface area contributed by atoms with Crippen molar-refractivity contribution in [1.29, 1.82) is 0 Å². The van der Waals surface area contributed by atoms with Crippen molar-refractivity contribution >= 4 is 74.1 Å². The average Bonchev–Trinajstić information content (AvgIpc) is 3.51. The molecule has 1 fully saturated rings. The minimum absolute atomic E-state index is 0.257. The van der Waals surface area contributed by atoms with E-state index < -0.39 is 29.0 Å². The van der Waals surface area contributed by atoms with Gasteiger partial charge in [-0.1, -0.05) is 56.7 Å². The summed E-state index contributed by atoms with van der Waals surface area (Å²) in [5.74, 6) is -2.79. The van der Waals surface area contributed by atoms with Gasteiger partial charge in [0.15, 0.2) is 6.61 Å². The summed E-state index contributed by atoms with van der Waals surface area (Å²) in [6, 6.07) is 18.7. The number of H-pyrrole nitrogens is 1. The predicted octanol–water partition coefficient (Wildman–Crippen LogP) is 5.50. The number of aromatic amines is 1. The second kappa shape index (κ2) is 12.7. The molecule has 4 aromatic rings. The van der Waals surface area contributed by atoms with Gasteiger partial charge in [-0.3, -0.25) is 19.2 Å². The summed E-state index contributed by atoms with van der Waals surface area (Å²) in [6.07, 6.45) is 0. The molecular formula is C32H26BrN3O7S2. The minimum Gasteiger partial charge on any atom is -0.483 e. The minimum atomic E-state index is -0.814. The number of aryl methyl sites for hydroxylation is 1. The Hall–Kier alpha value is -4.20. The number of fused-ring (bicyclic) bond motifs is 2. The summed E-state index contributed by atoms with van der Waals surface area (Å²) < 4.78 is 11.7. The number of carbonyl (C=O) groups excluding carboxylic acids is 4. The van der Waals surface area contributed by atoms with Crippen LogP contribution in [0.5, 0.6) is 5.75 Å². The zero-order valence-corrected chi connectivity index (χ0v) is 27.2. The molecule has 2 aliphatic heterocycles. The molecule has 0 saturated carbocycles. The van der Waals surface area contributed by atoms with Gasteiger partial charge in [0.25, 0.3) is 5.91 Å². The fourth-order valence-corrected chi connectivity index (χ4v) is 8.32. The molecule has 1 aromatic heterocycles. The molecule has 2 aliphatic rings. The summed E-state index contributed by atoms with van der Waals surface area (Å²) in [5, 5.41) is 2.51. The highest BCUT2D eigenvalue weighted by Crippen LogP contribution is 2.54. The molecular weight excluding hydrogens is 682 g/mol. The van der Waals surface area contributed by atoms with Gasteiger partial charge < -0.3 is 19.8 Å². The Kier molecular flexibility index (Phi) is 8.67. The van der Waals surface area contributed by atoms with Crippen LogP contribution in [0.1, 0.15) is 39.2 Å². The lowest BCUT2D eigenvalue weighted by molar-refractivity contribution is -0.122. The van der Waals surface area contributed by atoms with Crippen LogP contribution in [0, 0.1) is 12.8 Å². The molecule has 6 rings (SSSR count). The molecule has 2 N–H and O–H groups in total. The molecule has 1 saturated heterocycles. The molecule has 10 nitrogen and oxygen atoms in total. The number of carbonyl (C=O) groups is 4. The number of rotatable bonds is 8. The first-order valence-corrected chi connectivity index (χ1v) is 16.5. The standard InChI is InChI=1S/C32H26BrN3O7S2/c1-3-42-31(40)17-6-9-19(10-7-17)34-23(37)15-43-22-13-8-18(33)14-21(22)24-25-27(44-28-26(24)45-32(41)35-28)30(39)36(29(25)38)20-11-4-16(2)5-12-20/h4-14,24-25,27H,3,15H2,1-2H3,(H,34,37)(H,35,41)/t24-,25-,27+/m0/s1. The maximum Gasteiger partial charge on any atom is 0.338 e. The number of nitrogens with zero attached hydrogens (tertiary/aromatic N) is 1. The largest absolute Gasteiger partial charge is 0.483 e. The number of hydrogen-bond donors (Lipinski definition) is 2. The quantitative estimate of drug-likeness (QED) is 0.181. The van der Waals surface area contributed by atoms with Crippen LogP contribution in [-0.4, -0.2) is 47.1 Å². The Morgan fingerprint density at radius 2 is 1.73 bits per heavy atom. The number of anilines is 2. The molecule has 0 unspecified atom stereocenters. The molecule has 3 aromatic carbocycles. The van der Waals surface area contributed by atoms with Crippen molar-refractivity contribution in [2.45, 2.75) is 30.0 Å². The van der Waals surface area contributed by atoms with E-state index in [0.29, 0.717) is 42.6 Å². The average molecular weight is 709 g/mol. The van der Waals surface area contributed by atoms with Gasteiger partial charge in [0.05, 0.1) is 28.8 Å². The third kappa shape index (κ3) is 6.07. The maximum absolute atomic E-state index is 14.1. The highest BCUT2D eigenvalue weighted by Gasteiger charge is 2.56.